The second-order valence-corrected chi connectivity index (χ2v) is 8.10. The Morgan fingerprint density at radius 2 is 1.62 bits per heavy atom. The molecule has 3 aromatic carbocycles. The van der Waals surface area contributed by atoms with Crippen LogP contribution >= 0.6 is 11.6 Å². The number of nitrogens with one attached hydrogen (secondary N) is 1. The molecule has 0 atom stereocenters. The highest BCUT2D eigenvalue weighted by Crippen LogP contribution is 2.34. The van der Waals surface area contributed by atoms with E-state index < -0.39 is 11.8 Å². The highest BCUT2D eigenvalue weighted by Gasteiger charge is 2.37. The van der Waals surface area contributed by atoms with Gasteiger partial charge in [-0.2, -0.15) is 0 Å². The van der Waals surface area contributed by atoms with Crippen molar-refractivity contribution in [3.63, 3.8) is 0 Å². The summed E-state index contributed by atoms with van der Waals surface area (Å²) < 4.78 is 5.73. The quantitative estimate of drug-likeness (QED) is 0.382. The molecule has 1 aliphatic heterocycles. The lowest BCUT2D eigenvalue weighted by atomic mass is 10.1. The van der Waals surface area contributed by atoms with Crippen molar-refractivity contribution in [3.05, 3.63) is 101 Å². The van der Waals surface area contributed by atoms with E-state index in [0.717, 1.165) is 10.5 Å². The summed E-state index contributed by atoms with van der Waals surface area (Å²) in [5.41, 5.74) is 2.30. The van der Waals surface area contributed by atoms with Crippen molar-refractivity contribution >= 4 is 40.7 Å². The summed E-state index contributed by atoms with van der Waals surface area (Å²) in [6.45, 7) is 0. The van der Waals surface area contributed by atoms with E-state index in [1.54, 1.807) is 42.6 Å². The van der Waals surface area contributed by atoms with Gasteiger partial charge in [0.25, 0.3) is 11.8 Å². The zero-order chi connectivity index (χ0) is 23.7. The van der Waals surface area contributed by atoms with E-state index in [2.05, 4.69) is 10.3 Å². The molecule has 7 nitrogen and oxygen atoms in total. The van der Waals surface area contributed by atoms with Gasteiger partial charge in [-0.25, -0.2) is 9.88 Å². The summed E-state index contributed by atoms with van der Waals surface area (Å²) in [6.07, 6.45) is 2.13. The number of hydrogen-bond donors (Lipinski definition) is 1. The minimum absolute atomic E-state index is 0.159. The highest BCUT2D eigenvalue weighted by molar-refractivity contribution is 6.40. The number of rotatable bonds is 6. The van der Waals surface area contributed by atoms with Gasteiger partial charge in [0.1, 0.15) is 0 Å². The lowest BCUT2D eigenvalue weighted by molar-refractivity contribution is -0.116. The number of carbonyl (C=O) groups excluding carboxylic acids is 3. The van der Waals surface area contributed by atoms with Gasteiger partial charge in [-0.15, -0.1) is 0 Å². The molecule has 8 heteroatoms. The third-order valence-electron chi connectivity index (χ3n) is 5.44. The number of carbonyl (C=O) groups is 3. The Labute approximate surface area is 200 Å². The van der Waals surface area contributed by atoms with E-state index >= 15 is 0 Å². The average molecular weight is 472 g/mol. The largest absolute Gasteiger partial charge is 0.441 e. The fraction of sp³-hybridized carbons (Fsp3) is 0.0769. The van der Waals surface area contributed by atoms with Crippen molar-refractivity contribution in [3.8, 4) is 11.3 Å². The molecule has 0 saturated heterocycles. The number of oxazole rings is 1. The lowest BCUT2D eigenvalue weighted by Crippen LogP contribution is -2.29. The number of nitrogens with zero attached hydrogens (tertiary/aromatic N) is 2. The first-order valence-corrected chi connectivity index (χ1v) is 11.0. The zero-order valence-corrected chi connectivity index (χ0v) is 18.6. The number of aromatic nitrogens is 1. The van der Waals surface area contributed by atoms with Crippen molar-refractivity contribution in [1.82, 2.24) is 4.98 Å². The van der Waals surface area contributed by atoms with Crippen molar-refractivity contribution in [2.45, 2.75) is 12.8 Å². The van der Waals surface area contributed by atoms with E-state index in [0.29, 0.717) is 34.9 Å². The molecule has 3 amide bonds. The molecule has 1 aromatic heterocycles. The van der Waals surface area contributed by atoms with Crippen LogP contribution in [-0.4, -0.2) is 22.7 Å². The summed E-state index contributed by atoms with van der Waals surface area (Å²) in [6, 6.07) is 20.9. The topological polar surface area (TPSA) is 92.5 Å². The molecule has 5 rings (SSSR count). The van der Waals surface area contributed by atoms with Gasteiger partial charge >= 0.3 is 0 Å². The number of imide groups is 1. The molecule has 1 N–H and O–H groups in total. The molecular formula is C26H18ClN3O4. The third kappa shape index (κ3) is 4.09. The molecule has 168 valence electrons. The lowest BCUT2D eigenvalue weighted by Gasteiger charge is -2.16. The highest BCUT2D eigenvalue weighted by atomic mass is 35.5. The van der Waals surface area contributed by atoms with Gasteiger partial charge < -0.3 is 9.73 Å². The molecule has 4 aromatic rings. The molecule has 2 heterocycles. The standard InChI is InChI=1S/C26H18ClN3O4/c27-20-14-17(10-11-21(20)30-25(32)18-8-4-5-9-19(18)26(30)33)29-23(31)12-13-24-28-15-22(34-24)16-6-2-1-3-7-16/h1-11,14-15H,12-13H2,(H,29,31). The average Bonchev–Trinajstić information content (AvgIpc) is 3.42. The number of aryl methyl sites for hydroxylation is 1. The van der Waals surface area contributed by atoms with E-state index in [1.807, 2.05) is 30.3 Å². The summed E-state index contributed by atoms with van der Waals surface area (Å²) in [5, 5.41) is 2.94. The predicted octanol–water partition coefficient (Wildman–Crippen LogP) is 5.37. The van der Waals surface area contributed by atoms with Gasteiger partial charge in [-0.05, 0) is 30.3 Å². The SMILES string of the molecule is O=C(CCc1ncc(-c2ccccc2)o1)Nc1ccc(N2C(=O)c3ccccc3C2=O)c(Cl)c1. The van der Waals surface area contributed by atoms with Gasteiger partial charge in [0, 0.05) is 24.1 Å². The van der Waals surface area contributed by atoms with Gasteiger partial charge in [0.2, 0.25) is 5.91 Å². The molecular weight excluding hydrogens is 454 g/mol. The number of halogens is 1. The summed E-state index contributed by atoms with van der Waals surface area (Å²) in [7, 11) is 0. The summed E-state index contributed by atoms with van der Waals surface area (Å²) in [5.74, 6) is 0.00348. The van der Waals surface area contributed by atoms with Crippen molar-refractivity contribution in [2.24, 2.45) is 0 Å². The van der Waals surface area contributed by atoms with Gasteiger partial charge in [0.05, 0.1) is 28.0 Å². The first kappa shape index (κ1) is 21.6. The Morgan fingerprint density at radius 3 is 2.29 bits per heavy atom. The minimum atomic E-state index is -0.430. The van der Waals surface area contributed by atoms with Crippen LogP contribution in [0.3, 0.4) is 0 Å². The van der Waals surface area contributed by atoms with E-state index in [4.69, 9.17) is 16.0 Å². The molecule has 1 aliphatic rings. The maximum Gasteiger partial charge on any atom is 0.266 e. The van der Waals surface area contributed by atoms with Crippen LogP contribution in [0, 0.1) is 0 Å². The number of hydrogen-bond acceptors (Lipinski definition) is 5. The van der Waals surface area contributed by atoms with Crippen LogP contribution in [-0.2, 0) is 11.2 Å². The number of anilines is 2. The summed E-state index contributed by atoms with van der Waals surface area (Å²) >= 11 is 6.38. The molecule has 34 heavy (non-hydrogen) atoms. The Morgan fingerprint density at radius 1 is 0.941 bits per heavy atom. The molecule has 0 radical (unpaired) electrons. The second-order valence-electron chi connectivity index (χ2n) is 7.69. The van der Waals surface area contributed by atoms with E-state index in [-0.39, 0.29) is 23.0 Å². The van der Waals surface area contributed by atoms with Crippen molar-refractivity contribution in [1.29, 1.82) is 0 Å². The van der Waals surface area contributed by atoms with E-state index in [9.17, 15) is 14.4 Å². The fourth-order valence-electron chi connectivity index (χ4n) is 3.78. The number of benzene rings is 3. The Kier molecular flexibility index (Phi) is 5.69. The van der Waals surface area contributed by atoms with Crippen LogP contribution < -0.4 is 10.2 Å². The predicted molar refractivity (Wildman–Crippen MR) is 128 cm³/mol. The molecule has 0 bridgehead atoms. The summed E-state index contributed by atoms with van der Waals surface area (Å²) in [4.78, 5) is 43.1. The maximum absolute atomic E-state index is 12.7. The molecule has 0 fully saturated rings. The first-order valence-electron chi connectivity index (χ1n) is 10.6. The Bertz CT molecular complexity index is 1380. The molecule has 0 saturated carbocycles. The molecule has 0 spiro atoms. The Balaban J connectivity index is 1.23. The maximum atomic E-state index is 12.7. The van der Waals surface area contributed by atoms with Crippen molar-refractivity contribution in [2.75, 3.05) is 10.2 Å². The van der Waals surface area contributed by atoms with Gasteiger partial charge in [-0.3, -0.25) is 14.4 Å². The van der Waals surface area contributed by atoms with Crippen molar-refractivity contribution < 1.29 is 18.8 Å². The van der Waals surface area contributed by atoms with Gasteiger partial charge in [0.15, 0.2) is 11.7 Å². The van der Waals surface area contributed by atoms with Crippen LogP contribution in [0.1, 0.15) is 33.0 Å². The molecule has 0 aliphatic carbocycles. The second kappa shape index (κ2) is 8.96. The van der Waals surface area contributed by atoms with Crippen LogP contribution in [0.25, 0.3) is 11.3 Å². The normalized spacial score (nSPS) is 12.7. The number of amides is 3. The minimum Gasteiger partial charge on any atom is -0.441 e. The van der Waals surface area contributed by atoms with Crippen LogP contribution in [0.4, 0.5) is 11.4 Å². The van der Waals surface area contributed by atoms with E-state index in [1.165, 1.54) is 6.07 Å². The smallest absolute Gasteiger partial charge is 0.266 e. The number of fused-ring (bicyclic) bond motifs is 1. The monoisotopic (exact) mass is 471 g/mol. The first-order chi connectivity index (χ1) is 16.5. The van der Waals surface area contributed by atoms with Crippen LogP contribution in [0.5, 0.6) is 0 Å². The van der Waals surface area contributed by atoms with Crippen LogP contribution in [0.15, 0.2) is 83.4 Å². The zero-order valence-electron chi connectivity index (χ0n) is 17.8. The third-order valence-corrected chi connectivity index (χ3v) is 5.75. The fourth-order valence-corrected chi connectivity index (χ4v) is 4.04. The molecule has 0 unspecified atom stereocenters. The Hall–Kier alpha value is -4.23. The van der Waals surface area contributed by atoms with Gasteiger partial charge in [-0.1, -0.05) is 54.1 Å². The van der Waals surface area contributed by atoms with Crippen LogP contribution in [0.2, 0.25) is 5.02 Å².